The maximum absolute atomic E-state index is 5.82. The second kappa shape index (κ2) is 7.51. The Kier molecular flexibility index (Phi) is 6.32. The fraction of sp³-hybridized carbons (Fsp3) is 0.625. The van der Waals surface area contributed by atoms with Crippen LogP contribution in [0.3, 0.4) is 0 Å². The van der Waals surface area contributed by atoms with E-state index in [9.17, 15) is 0 Å². The van der Waals surface area contributed by atoms with E-state index in [0.29, 0.717) is 18.7 Å². The van der Waals surface area contributed by atoms with Crippen LogP contribution in [0.4, 0.5) is 0 Å². The molecule has 0 saturated carbocycles. The third-order valence-electron chi connectivity index (χ3n) is 3.35. The maximum Gasteiger partial charge on any atom is 0.119 e. The molecule has 19 heavy (non-hydrogen) atoms. The summed E-state index contributed by atoms with van der Waals surface area (Å²) in [6, 6.07) is 9.21. The topological polar surface area (TPSA) is 38.5 Å². The van der Waals surface area contributed by atoms with Crippen molar-refractivity contribution in [2.75, 3.05) is 13.2 Å². The molecule has 0 fully saturated rings. The van der Waals surface area contributed by atoms with Gasteiger partial charge in [-0.3, -0.25) is 4.90 Å². The molecule has 2 N–H and O–H groups in total. The first-order valence-electron chi connectivity index (χ1n) is 7.16. The molecule has 0 aliphatic carbocycles. The monoisotopic (exact) mass is 264 g/mol. The number of nitrogens with two attached hydrogens (primary N) is 1. The highest BCUT2D eigenvalue weighted by Crippen LogP contribution is 2.16. The summed E-state index contributed by atoms with van der Waals surface area (Å²) in [4.78, 5) is 2.43. The van der Waals surface area contributed by atoms with Gasteiger partial charge < -0.3 is 10.5 Å². The van der Waals surface area contributed by atoms with Gasteiger partial charge in [0.15, 0.2) is 0 Å². The van der Waals surface area contributed by atoms with Crippen LogP contribution in [0.2, 0.25) is 0 Å². The molecule has 0 aliphatic heterocycles. The van der Waals surface area contributed by atoms with Crippen LogP contribution in [-0.2, 0) is 0 Å². The zero-order valence-corrected chi connectivity index (χ0v) is 12.9. The molecule has 0 heterocycles. The van der Waals surface area contributed by atoms with Gasteiger partial charge in [0.1, 0.15) is 12.4 Å². The predicted molar refractivity (Wildman–Crippen MR) is 81.5 cm³/mol. The average molecular weight is 264 g/mol. The number of benzene rings is 1. The number of hydrogen-bond acceptors (Lipinski definition) is 3. The Morgan fingerprint density at radius 2 is 1.53 bits per heavy atom. The summed E-state index contributed by atoms with van der Waals surface area (Å²) in [6.07, 6.45) is 0. The van der Waals surface area contributed by atoms with E-state index in [1.54, 1.807) is 0 Å². The molecule has 3 nitrogen and oxygen atoms in total. The summed E-state index contributed by atoms with van der Waals surface area (Å²) < 4.78 is 5.79. The van der Waals surface area contributed by atoms with E-state index in [0.717, 1.165) is 17.9 Å². The predicted octanol–water partition coefficient (Wildman–Crippen LogP) is 3.20. The Labute approximate surface area is 117 Å². The second-order valence-corrected chi connectivity index (χ2v) is 5.63. The van der Waals surface area contributed by atoms with Crippen molar-refractivity contribution in [3.05, 3.63) is 29.8 Å². The van der Waals surface area contributed by atoms with E-state index in [4.69, 9.17) is 10.5 Å². The highest BCUT2D eigenvalue weighted by atomic mass is 16.5. The Balaban J connectivity index is 2.44. The molecule has 0 aliphatic rings. The lowest BCUT2D eigenvalue weighted by molar-refractivity contribution is 0.142. The van der Waals surface area contributed by atoms with Crippen molar-refractivity contribution in [2.24, 2.45) is 5.73 Å². The van der Waals surface area contributed by atoms with Gasteiger partial charge in [-0.05, 0) is 52.3 Å². The Morgan fingerprint density at radius 3 is 1.95 bits per heavy atom. The van der Waals surface area contributed by atoms with Crippen molar-refractivity contribution < 1.29 is 4.74 Å². The molecule has 108 valence electrons. The summed E-state index contributed by atoms with van der Waals surface area (Å²) in [5.74, 6) is 0.914. The van der Waals surface area contributed by atoms with Crippen LogP contribution >= 0.6 is 0 Å². The van der Waals surface area contributed by atoms with E-state index >= 15 is 0 Å². The van der Waals surface area contributed by atoms with E-state index in [1.807, 2.05) is 31.2 Å². The lowest BCUT2D eigenvalue weighted by Gasteiger charge is -2.30. The van der Waals surface area contributed by atoms with Gasteiger partial charge in [0.25, 0.3) is 0 Å². The van der Waals surface area contributed by atoms with Crippen LogP contribution in [0, 0.1) is 0 Å². The third kappa shape index (κ3) is 5.21. The molecule has 1 atom stereocenters. The molecule has 1 aromatic rings. The van der Waals surface area contributed by atoms with Crippen LogP contribution in [0.15, 0.2) is 24.3 Å². The van der Waals surface area contributed by atoms with Crippen LogP contribution in [0.1, 0.15) is 46.2 Å². The fourth-order valence-corrected chi connectivity index (χ4v) is 2.25. The first-order chi connectivity index (χ1) is 8.91. The highest BCUT2D eigenvalue weighted by molar-refractivity contribution is 5.28. The minimum atomic E-state index is 0.0754. The van der Waals surface area contributed by atoms with E-state index in [2.05, 4.69) is 32.6 Å². The molecule has 0 radical (unpaired) electrons. The van der Waals surface area contributed by atoms with Gasteiger partial charge in [-0.15, -0.1) is 0 Å². The standard InChI is InChI=1S/C16H28N2O/c1-12(2)18(13(3)4)10-11-19-16-8-6-15(7-9-16)14(5)17/h6-9,12-14H,10-11,17H2,1-5H3/t14-/m1/s1. The molecule has 0 amide bonds. The highest BCUT2D eigenvalue weighted by Gasteiger charge is 2.12. The van der Waals surface area contributed by atoms with Gasteiger partial charge in [0, 0.05) is 24.7 Å². The van der Waals surface area contributed by atoms with Crippen LogP contribution in [0.25, 0.3) is 0 Å². The van der Waals surface area contributed by atoms with Crippen molar-refractivity contribution in [2.45, 2.75) is 52.7 Å². The van der Waals surface area contributed by atoms with Crippen molar-refractivity contribution in [3.63, 3.8) is 0 Å². The van der Waals surface area contributed by atoms with Gasteiger partial charge in [0.05, 0.1) is 0 Å². The molecule has 0 bridgehead atoms. The molecule has 0 saturated heterocycles. The van der Waals surface area contributed by atoms with Gasteiger partial charge in [-0.1, -0.05) is 12.1 Å². The molecular weight excluding hydrogens is 236 g/mol. The molecular formula is C16H28N2O. The molecule has 0 spiro atoms. The molecule has 1 rings (SSSR count). The fourth-order valence-electron chi connectivity index (χ4n) is 2.25. The molecule has 1 aromatic carbocycles. The van der Waals surface area contributed by atoms with Gasteiger partial charge in [-0.2, -0.15) is 0 Å². The normalized spacial score (nSPS) is 13.3. The van der Waals surface area contributed by atoms with Gasteiger partial charge in [0.2, 0.25) is 0 Å². The van der Waals surface area contributed by atoms with E-state index < -0.39 is 0 Å². The SMILES string of the molecule is CC(C)N(CCOc1ccc([C@@H](C)N)cc1)C(C)C. The molecule has 0 aromatic heterocycles. The quantitative estimate of drug-likeness (QED) is 0.822. The third-order valence-corrected chi connectivity index (χ3v) is 3.35. The minimum absolute atomic E-state index is 0.0754. The summed E-state index contributed by atoms with van der Waals surface area (Å²) >= 11 is 0. The van der Waals surface area contributed by atoms with Crippen molar-refractivity contribution >= 4 is 0 Å². The lowest BCUT2D eigenvalue weighted by Crippen LogP contribution is -2.39. The van der Waals surface area contributed by atoms with Crippen LogP contribution < -0.4 is 10.5 Å². The molecule has 3 heteroatoms. The zero-order chi connectivity index (χ0) is 14.4. The van der Waals surface area contributed by atoms with Crippen LogP contribution in [-0.4, -0.2) is 30.1 Å². The first kappa shape index (κ1) is 16.0. The molecule has 0 unspecified atom stereocenters. The summed E-state index contributed by atoms with van der Waals surface area (Å²) in [5, 5.41) is 0. The van der Waals surface area contributed by atoms with Gasteiger partial charge >= 0.3 is 0 Å². The van der Waals surface area contributed by atoms with Crippen molar-refractivity contribution in [1.82, 2.24) is 4.90 Å². The average Bonchev–Trinajstić information content (AvgIpc) is 2.34. The van der Waals surface area contributed by atoms with E-state index in [-0.39, 0.29) is 6.04 Å². The summed E-state index contributed by atoms with van der Waals surface area (Å²) in [7, 11) is 0. The number of nitrogens with zero attached hydrogens (tertiary/aromatic N) is 1. The number of ether oxygens (including phenoxy) is 1. The Hall–Kier alpha value is -1.06. The van der Waals surface area contributed by atoms with E-state index in [1.165, 1.54) is 0 Å². The van der Waals surface area contributed by atoms with Gasteiger partial charge in [-0.25, -0.2) is 0 Å². The van der Waals surface area contributed by atoms with Crippen LogP contribution in [0.5, 0.6) is 5.75 Å². The summed E-state index contributed by atoms with van der Waals surface area (Å²) in [5.41, 5.74) is 6.96. The maximum atomic E-state index is 5.82. The minimum Gasteiger partial charge on any atom is -0.492 e. The van der Waals surface area contributed by atoms with Crippen molar-refractivity contribution in [1.29, 1.82) is 0 Å². The first-order valence-corrected chi connectivity index (χ1v) is 7.16. The summed E-state index contributed by atoms with van der Waals surface area (Å²) in [6.45, 7) is 12.5. The Bertz CT molecular complexity index is 350. The Morgan fingerprint density at radius 1 is 1.00 bits per heavy atom. The number of hydrogen-bond donors (Lipinski definition) is 1. The lowest BCUT2D eigenvalue weighted by atomic mass is 10.1. The second-order valence-electron chi connectivity index (χ2n) is 5.63. The zero-order valence-electron chi connectivity index (χ0n) is 12.9. The smallest absolute Gasteiger partial charge is 0.119 e. The number of rotatable bonds is 7. The largest absolute Gasteiger partial charge is 0.492 e. The van der Waals surface area contributed by atoms with Crippen molar-refractivity contribution in [3.8, 4) is 5.75 Å².